The maximum absolute atomic E-state index is 12.4. The second kappa shape index (κ2) is 10.4. The number of hydrazone groups is 1. The maximum Gasteiger partial charge on any atom is 0.271 e. The lowest BCUT2D eigenvalue weighted by Gasteiger charge is -2.22. The van der Waals surface area contributed by atoms with Crippen LogP contribution in [0.4, 0.5) is 5.69 Å². The smallest absolute Gasteiger partial charge is 0.267 e. The average Bonchev–Trinajstić information content (AvgIpc) is 2.74. The summed E-state index contributed by atoms with van der Waals surface area (Å²) in [6.07, 6.45) is 2.53. The third-order valence-corrected chi connectivity index (χ3v) is 6.34. The van der Waals surface area contributed by atoms with Crippen molar-refractivity contribution in [1.82, 2.24) is 5.43 Å². The summed E-state index contributed by atoms with van der Waals surface area (Å²) in [4.78, 5) is 12.4. The van der Waals surface area contributed by atoms with Crippen molar-refractivity contribution in [2.75, 3.05) is 10.6 Å². The average molecular weight is 511 g/mol. The van der Waals surface area contributed by atoms with Crippen LogP contribution < -0.4 is 9.73 Å². The van der Waals surface area contributed by atoms with E-state index in [1.165, 1.54) is 22.7 Å². The monoisotopic (exact) mass is 509 g/mol. The van der Waals surface area contributed by atoms with Crippen molar-refractivity contribution in [3.63, 3.8) is 0 Å². The molecule has 3 aromatic rings. The van der Waals surface area contributed by atoms with E-state index in [9.17, 15) is 13.2 Å². The minimum Gasteiger partial charge on any atom is -0.267 e. The third kappa shape index (κ3) is 6.46. The molecule has 32 heavy (non-hydrogen) atoms. The first-order chi connectivity index (χ1) is 15.1. The first-order valence-corrected chi connectivity index (χ1v) is 12.2. The van der Waals surface area contributed by atoms with Gasteiger partial charge in [0.15, 0.2) is 0 Å². The molecule has 0 aliphatic rings. The lowest BCUT2D eigenvalue weighted by atomic mass is 10.2. The van der Waals surface area contributed by atoms with Crippen LogP contribution in [-0.2, 0) is 16.6 Å². The van der Waals surface area contributed by atoms with Gasteiger partial charge in [-0.2, -0.15) is 5.10 Å². The SMILES string of the molecule is CS(=O)(=O)N(Cc1ccc(Cl)cc1)c1ccc(C(=O)N/N=C/c2ccc(Cl)cc2Cl)cc1. The Morgan fingerprint density at radius 1 is 0.969 bits per heavy atom. The minimum atomic E-state index is -3.56. The van der Waals surface area contributed by atoms with Gasteiger partial charge in [0.25, 0.3) is 5.91 Å². The van der Waals surface area contributed by atoms with Crippen molar-refractivity contribution in [2.24, 2.45) is 5.10 Å². The molecule has 0 radical (unpaired) electrons. The van der Waals surface area contributed by atoms with E-state index in [1.54, 1.807) is 54.6 Å². The Morgan fingerprint density at radius 2 is 1.59 bits per heavy atom. The van der Waals surface area contributed by atoms with Gasteiger partial charge in [0, 0.05) is 21.2 Å². The highest BCUT2D eigenvalue weighted by Crippen LogP contribution is 2.22. The molecule has 10 heteroatoms. The largest absolute Gasteiger partial charge is 0.271 e. The van der Waals surface area contributed by atoms with Crippen molar-refractivity contribution in [1.29, 1.82) is 0 Å². The molecule has 0 saturated heterocycles. The number of nitrogens with one attached hydrogen (secondary N) is 1. The Morgan fingerprint density at radius 3 is 2.19 bits per heavy atom. The number of nitrogens with zero attached hydrogens (tertiary/aromatic N) is 2. The first-order valence-electron chi connectivity index (χ1n) is 9.24. The van der Waals surface area contributed by atoms with Gasteiger partial charge >= 0.3 is 0 Å². The summed E-state index contributed by atoms with van der Waals surface area (Å²) in [5, 5.41) is 5.36. The van der Waals surface area contributed by atoms with E-state index in [-0.39, 0.29) is 6.54 Å². The van der Waals surface area contributed by atoms with Crippen LogP contribution in [0.5, 0.6) is 0 Å². The Bertz CT molecular complexity index is 1250. The minimum absolute atomic E-state index is 0.133. The molecule has 0 aromatic heterocycles. The summed E-state index contributed by atoms with van der Waals surface area (Å²) in [5.41, 5.74) is 4.52. The number of carbonyl (C=O) groups is 1. The second-order valence-corrected chi connectivity index (χ2v) is 9.99. The predicted molar refractivity (Wildman–Crippen MR) is 130 cm³/mol. The number of halogens is 3. The van der Waals surface area contributed by atoms with Crippen LogP contribution in [0, 0.1) is 0 Å². The number of hydrogen-bond acceptors (Lipinski definition) is 4. The highest BCUT2D eigenvalue weighted by Gasteiger charge is 2.18. The fourth-order valence-corrected chi connectivity index (χ4v) is 4.24. The molecule has 0 fully saturated rings. The van der Waals surface area contributed by atoms with Crippen molar-refractivity contribution in [2.45, 2.75) is 6.54 Å². The summed E-state index contributed by atoms with van der Waals surface area (Å²) < 4.78 is 25.9. The molecule has 166 valence electrons. The second-order valence-electron chi connectivity index (χ2n) is 6.81. The van der Waals surface area contributed by atoms with Gasteiger partial charge in [0.2, 0.25) is 10.0 Å². The van der Waals surface area contributed by atoms with E-state index in [4.69, 9.17) is 34.8 Å². The van der Waals surface area contributed by atoms with E-state index >= 15 is 0 Å². The molecular weight excluding hydrogens is 493 g/mol. The number of amides is 1. The zero-order chi connectivity index (χ0) is 23.3. The highest BCUT2D eigenvalue weighted by molar-refractivity contribution is 7.92. The Balaban J connectivity index is 1.72. The van der Waals surface area contributed by atoms with E-state index in [1.807, 2.05) is 0 Å². The van der Waals surface area contributed by atoms with Gasteiger partial charge in [0.1, 0.15) is 0 Å². The van der Waals surface area contributed by atoms with Crippen LogP contribution in [0.3, 0.4) is 0 Å². The van der Waals surface area contributed by atoms with Crippen molar-refractivity contribution in [3.8, 4) is 0 Å². The van der Waals surface area contributed by atoms with E-state index in [2.05, 4.69) is 10.5 Å². The summed E-state index contributed by atoms with van der Waals surface area (Å²) >= 11 is 17.8. The summed E-state index contributed by atoms with van der Waals surface area (Å²) in [5.74, 6) is -0.457. The Hall–Kier alpha value is -2.58. The molecule has 0 unspecified atom stereocenters. The van der Waals surface area contributed by atoms with E-state index in [0.29, 0.717) is 31.9 Å². The third-order valence-electron chi connectivity index (χ3n) is 4.39. The molecule has 0 aliphatic carbocycles. The fourth-order valence-electron chi connectivity index (χ4n) is 2.77. The van der Waals surface area contributed by atoms with E-state index in [0.717, 1.165) is 11.8 Å². The van der Waals surface area contributed by atoms with Crippen LogP contribution in [0.15, 0.2) is 71.8 Å². The van der Waals surface area contributed by atoms with Gasteiger partial charge in [-0.05, 0) is 54.1 Å². The summed E-state index contributed by atoms with van der Waals surface area (Å²) in [6.45, 7) is 0.133. The van der Waals surface area contributed by atoms with Crippen LogP contribution in [-0.4, -0.2) is 26.8 Å². The molecule has 6 nitrogen and oxygen atoms in total. The first kappa shape index (κ1) is 24.1. The number of benzene rings is 3. The van der Waals surface area contributed by atoms with Crippen molar-refractivity contribution >= 4 is 62.6 Å². The van der Waals surface area contributed by atoms with Crippen molar-refractivity contribution < 1.29 is 13.2 Å². The maximum atomic E-state index is 12.4. The number of hydrogen-bond donors (Lipinski definition) is 1. The fraction of sp³-hybridized carbons (Fsp3) is 0.0909. The molecule has 0 atom stereocenters. The summed E-state index contributed by atoms with van der Waals surface area (Å²) in [7, 11) is -3.56. The molecule has 0 heterocycles. The van der Waals surface area contributed by atoms with Gasteiger partial charge in [-0.15, -0.1) is 0 Å². The molecule has 3 aromatic carbocycles. The predicted octanol–water partition coefficient (Wildman–Crippen LogP) is 5.38. The Labute approximate surface area is 201 Å². The lowest BCUT2D eigenvalue weighted by Crippen LogP contribution is -2.29. The Kier molecular flexibility index (Phi) is 7.79. The standard InChI is InChI=1S/C22H18Cl3N3O3S/c1-32(30,31)28(14-15-2-7-18(23)8-3-15)20-10-5-16(6-11-20)22(29)27-26-13-17-4-9-19(24)12-21(17)25/h2-13H,14H2,1H3,(H,27,29)/b26-13+. The van der Waals surface area contributed by atoms with Gasteiger partial charge in [-0.25, -0.2) is 13.8 Å². The number of anilines is 1. The normalized spacial score (nSPS) is 11.5. The zero-order valence-corrected chi connectivity index (χ0v) is 19.9. The summed E-state index contributed by atoms with van der Waals surface area (Å²) in [6, 6.07) is 18.0. The molecule has 0 spiro atoms. The van der Waals surface area contributed by atoms with Gasteiger partial charge in [0.05, 0.1) is 29.7 Å². The van der Waals surface area contributed by atoms with Gasteiger partial charge in [-0.1, -0.05) is 53.0 Å². The lowest BCUT2D eigenvalue weighted by molar-refractivity contribution is 0.0955. The van der Waals surface area contributed by atoms with Crippen LogP contribution in [0.1, 0.15) is 21.5 Å². The molecule has 0 saturated carbocycles. The molecule has 1 N–H and O–H groups in total. The highest BCUT2D eigenvalue weighted by atomic mass is 35.5. The van der Waals surface area contributed by atoms with Crippen molar-refractivity contribution in [3.05, 3.63) is 98.5 Å². The zero-order valence-electron chi connectivity index (χ0n) is 16.8. The van der Waals surface area contributed by atoms with Crippen LogP contribution in [0.25, 0.3) is 0 Å². The number of carbonyl (C=O) groups excluding carboxylic acids is 1. The molecule has 1 amide bonds. The molecule has 0 aliphatic heterocycles. The molecular formula is C22H18Cl3N3O3S. The molecule has 0 bridgehead atoms. The molecule has 3 rings (SSSR count). The van der Waals surface area contributed by atoms with Gasteiger partial charge < -0.3 is 0 Å². The van der Waals surface area contributed by atoms with Crippen LogP contribution >= 0.6 is 34.8 Å². The quantitative estimate of drug-likeness (QED) is 0.342. The van der Waals surface area contributed by atoms with Crippen LogP contribution in [0.2, 0.25) is 15.1 Å². The number of rotatable bonds is 7. The van der Waals surface area contributed by atoms with E-state index < -0.39 is 15.9 Å². The number of sulfonamides is 1. The van der Waals surface area contributed by atoms with Gasteiger partial charge in [-0.3, -0.25) is 9.10 Å². The topological polar surface area (TPSA) is 78.8 Å².